The fourth-order valence-corrected chi connectivity index (χ4v) is 3.24. The van der Waals surface area contributed by atoms with E-state index in [-0.39, 0.29) is 6.04 Å². The fraction of sp³-hybridized carbons (Fsp3) is 0.929. The van der Waals surface area contributed by atoms with E-state index in [1.54, 1.807) is 5.01 Å². The minimum Gasteiger partial charge on any atom is -0.444 e. The van der Waals surface area contributed by atoms with Crippen LogP contribution < -0.4 is 11.2 Å². The number of likely N-dealkylation sites (tertiary alicyclic amines) is 1. The molecule has 0 radical (unpaired) electrons. The normalized spacial score (nSPS) is 34.2. The van der Waals surface area contributed by atoms with Gasteiger partial charge in [-0.2, -0.15) is 0 Å². The highest BCUT2D eigenvalue weighted by atomic mass is 16.6. The number of aliphatic hydroxyl groups excluding tert-OH is 2. The molecule has 0 aromatic heterocycles. The van der Waals surface area contributed by atoms with E-state index in [9.17, 15) is 15.0 Å². The van der Waals surface area contributed by atoms with Crippen molar-refractivity contribution in [3.05, 3.63) is 0 Å². The van der Waals surface area contributed by atoms with Crippen LogP contribution in [-0.2, 0) is 4.74 Å². The van der Waals surface area contributed by atoms with Crippen LogP contribution >= 0.6 is 0 Å². The van der Waals surface area contributed by atoms with Gasteiger partial charge in [0.15, 0.2) is 6.35 Å². The molecule has 5 N–H and O–H groups in total. The Morgan fingerprint density at radius 1 is 1.55 bits per heavy atom. The van der Waals surface area contributed by atoms with Crippen molar-refractivity contribution in [2.24, 2.45) is 11.7 Å². The Morgan fingerprint density at radius 2 is 2.18 bits per heavy atom. The van der Waals surface area contributed by atoms with Gasteiger partial charge in [-0.1, -0.05) is 0 Å². The summed E-state index contributed by atoms with van der Waals surface area (Å²) in [5.74, 6) is 0.316. The number of hydrogen-bond donors (Lipinski definition) is 4. The fourth-order valence-electron chi connectivity index (χ4n) is 3.24. The van der Waals surface area contributed by atoms with Gasteiger partial charge in [-0.15, -0.1) is 0 Å². The highest BCUT2D eigenvalue weighted by molar-refractivity contribution is 5.65. The number of nitrogens with zero attached hydrogens (tertiary/aromatic N) is 2. The zero-order chi connectivity index (χ0) is 16.5. The first kappa shape index (κ1) is 17.4. The molecule has 0 bridgehead atoms. The molecule has 128 valence electrons. The summed E-state index contributed by atoms with van der Waals surface area (Å²) in [6, 6.07) is 0.0261. The quantitative estimate of drug-likeness (QED) is 0.395. The van der Waals surface area contributed by atoms with Gasteiger partial charge in [0.05, 0.1) is 6.04 Å². The van der Waals surface area contributed by atoms with Gasteiger partial charge in [0, 0.05) is 13.1 Å². The summed E-state index contributed by atoms with van der Waals surface area (Å²) in [5, 5.41) is 21.4. The molecular formula is C14H28N4O4. The first-order valence-corrected chi connectivity index (χ1v) is 7.83. The predicted octanol–water partition coefficient (Wildman–Crippen LogP) is -0.235. The third-order valence-corrected chi connectivity index (χ3v) is 4.38. The molecule has 2 heterocycles. The second kappa shape index (κ2) is 6.67. The van der Waals surface area contributed by atoms with Crippen molar-refractivity contribution in [2.75, 3.05) is 13.1 Å². The largest absolute Gasteiger partial charge is 0.444 e. The average Bonchev–Trinajstić information content (AvgIpc) is 2.94. The van der Waals surface area contributed by atoms with E-state index in [0.717, 1.165) is 19.4 Å². The van der Waals surface area contributed by atoms with Crippen LogP contribution in [0.3, 0.4) is 0 Å². The Bertz CT molecular complexity index is 398. The van der Waals surface area contributed by atoms with Crippen LogP contribution in [0.5, 0.6) is 0 Å². The number of aliphatic hydroxyl groups is 2. The van der Waals surface area contributed by atoms with Crippen LogP contribution in [0, 0.1) is 5.92 Å². The second-order valence-corrected chi connectivity index (χ2v) is 6.95. The summed E-state index contributed by atoms with van der Waals surface area (Å²) in [4.78, 5) is 12.9. The summed E-state index contributed by atoms with van der Waals surface area (Å²) in [5.41, 5.74) is 7.39. The Kier molecular flexibility index (Phi) is 5.29. The number of primary amides is 1. The third-order valence-electron chi connectivity index (χ3n) is 4.38. The van der Waals surface area contributed by atoms with Crippen molar-refractivity contribution in [2.45, 2.75) is 64.3 Å². The van der Waals surface area contributed by atoms with Crippen molar-refractivity contribution in [3.8, 4) is 0 Å². The molecule has 0 spiro atoms. The first-order chi connectivity index (χ1) is 10.2. The van der Waals surface area contributed by atoms with Gasteiger partial charge in [-0.25, -0.2) is 15.2 Å². The van der Waals surface area contributed by atoms with Crippen LogP contribution in [0.25, 0.3) is 0 Å². The molecule has 8 nitrogen and oxygen atoms in total. The standard InChI is InChI=1S/C14H28N4O4/c1-9-11(19)18(9)16-13(21)17-6-4-5-10(8-17)7-14(2,3)22-12(15)20/h9-11,13,16,19,21H,4-8H2,1-3H3,(H2,15,20)/t9-,10+,11-,13-,18?/m0/s1. The summed E-state index contributed by atoms with van der Waals surface area (Å²) < 4.78 is 5.14. The minimum atomic E-state index is -0.817. The van der Waals surface area contributed by atoms with Crippen molar-refractivity contribution in [3.63, 3.8) is 0 Å². The molecule has 1 unspecified atom stereocenters. The molecule has 2 aliphatic heterocycles. The maximum Gasteiger partial charge on any atom is 0.405 e. The number of carbonyl (C=O) groups is 1. The van der Waals surface area contributed by atoms with Crippen LogP contribution in [0.1, 0.15) is 40.0 Å². The number of nitrogens with two attached hydrogens (primary N) is 1. The van der Waals surface area contributed by atoms with Crippen LogP contribution in [0.2, 0.25) is 0 Å². The van der Waals surface area contributed by atoms with Gasteiger partial charge in [0.25, 0.3) is 0 Å². The van der Waals surface area contributed by atoms with Crippen molar-refractivity contribution < 1.29 is 19.7 Å². The van der Waals surface area contributed by atoms with Gasteiger partial charge in [0.2, 0.25) is 0 Å². The molecule has 2 fully saturated rings. The lowest BCUT2D eigenvalue weighted by molar-refractivity contribution is -0.0831. The highest BCUT2D eigenvalue weighted by Gasteiger charge is 2.44. The van der Waals surface area contributed by atoms with Gasteiger partial charge >= 0.3 is 6.09 Å². The minimum absolute atomic E-state index is 0.0261. The number of hydrazine groups is 1. The van der Waals surface area contributed by atoms with E-state index in [4.69, 9.17) is 10.5 Å². The molecule has 0 aromatic carbocycles. The van der Waals surface area contributed by atoms with Crippen molar-refractivity contribution in [1.82, 2.24) is 15.3 Å². The summed E-state index contributed by atoms with van der Waals surface area (Å²) in [7, 11) is 0. The lowest BCUT2D eigenvalue weighted by Crippen LogP contribution is -2.52. The molecule has 2 rings (SSSR count). The lowest BCUT2D eigenvalue weighted by atomic mass is 9.87. The molecule has 1 amide bonds. The smallest absolute Gasteiger partial charge is 0.405 e. The van der Waals surface area contributed by atoms with Crippen LogP contribution in [-0.4, -0.2) is 63.5 Å². The second-order valence-electron chi connectivity index (χ2n) is 6.95. The third kappa shape index (κ3) is 4.53. The van der Waals surface area contributed by atoms with E-state index in [1.807, 2.05) is 25.7 Å². The van der Waals surface area contributed by atoms with E-state index in [0.29, 0.717) is 18.9 Å². The van der Waals surface area contributed by atoms with Crippen LogP contribution in [0.15, 0.2) is 0 Å². The Morgan fingerprint density at radius 3 is 2.73 bits per heavy atom. The SMILES string of the molecule is C[C@H]1[C@H](O)N1N[C@H](O)N1CCC[C@H](CC(C)(C)OC(N)=O)C1. The molecule has 0 aliphatic carbocycles. The number of rotatable bonds is 6. The predicted molar refractivity (Wildman–Crippen MR) is 80.1 cm³/mol. The topological polar surface area (TPSA) is 111 Å². The molecule has 0 saturated carbocycles. The van der Waals surface area contributed by atoms with E-state index < -0.39 is 24.3 Å². The maximum absolute atomic E-state index is 10.9. The van der Waals surface area contributed by atoms with Gasteiger partial charge in [-0.3, -0.25) is 4.90 Å². The Balaban J connectivity index is 1.82. The summed E-state index contributed by atoms with van der Waals surface area (Å²) in [6.45, 7) is 7.07. The maximum atomic E-state index is 10.9. The monoisotopic (exact) mass is 316 g/mol. The van der Waals surface area contributed by atoms with E-state index in [2.05, 4.69) is 5.43 Å². The number of ether oxygens (including phenoxy) is 1. The number of amides is 1. The number of hydrogen-bond acceptors (Lipinski definition) is 7. The molecule has 0 aromatic rings. The number of nitrogens with one attached hydrogen (secondary N) is 1. The van der Waals surface area contributed by atoms with Crippen molar-refractivity contribution in [1.29, 1.82) is 0 Å². The number of carbonyl (C=O) groups excluding carboxylic acids is 1. The average molecular weight is 316 g/mol. The molecule has 22 heavy (non-hydrogen) atoms. The molecule has 2 aliphatic rings. The highest BCUT2D eigenvalue weighted by Crippen LogP contribution is 2.28. The summed E-state index contributed by atoms with van der Waals surface area (Å²) >= 11 is 0. The lowest BCUT2D eigenvalue weighted by Gasteiger charge is -2.38. The van der Waals surface area contributed by atoms with Gasteiger partial charge in [-0.05, 0) is 46.0 Å². The van der Waals surface area contributed by atoms with Crippen molar-refractivity contribution >= 4 is 6.09 Å². The van der Waals surface area contributed by atoms with Crippen LogP contribution in [0.4, 0.5) is 4.79 Å². The molecule has 8 heteroatoms. The van der Waals surface area contributed by atoms with Gasteiger partial charge in [0.1, 0.15) is 11.8 Å². The molecule has 5 atom stereocenters. The molecular weight excluding hydrogens is 288 g/mol. The first-order valence-electron chi connectivity index (χ1n) is 7.83. The Hall–Kier alpha value is -0.930. The van der Waals surface area contributed by atoms with E-state index in [1.165, 1.54) is 0 Å². The van der Waals surface area contributed by atoms with Gasteiger partial charge < -0.3 is 20.7 Å². The zero-order valence-electron chi connectivity index (χ0n) is 13.5. The zero-order valence-corrected chi connectivity index (χ0v) is 13.5. The molecule has 2 saturated heterocycles. The van der Waals surface area contributed by atoms with E-state index >= 15 is 0 Å². The number of piperidine rings is 1. The Labute approximate surface area is 131 Å². The summed E-state index contributed by atoms with van der Waals surface area (Å²) in [6.07, 6.45) is 0.581.